The molecule has 0 saturated carbocycles. The average molecular weight is 328 g/mol. The zero-order valence-corrected chi connectivity index (χ0v) is 13.6. The van der Waals surface area contributed by atoms with Crippen LogP contribution in [0.25, 0.3) is 0 Å². The molecule has 1 aliphatic rings. The maximum Gasteiger partial charge on any atom is 0.238 e. The van der Waals surface area contributed by atoms with E-state index in [0.717, 1.165) is 28.5 Å². The van der Waals surface area contributed by atoms with Gasteiger partial charge < -0.3 is 10.1 Å². The number of hydrogen-bond acceptors (Lipinski definition) is 4. The lowest BCUT2D eigenvalue weighted by atomic mass is 10.2. The van der Waals surface area contributed by atoms with E-state index in [1.807, 2.05) is 54.6 Å². The Bertz CT molecular complexity index is 642. The Morgan fingerprint density at radius 3 is 2.74 bits per heavy atom. The minimum absolute atomic E-state index is 0.0489. The molecule has 2 N–H and O–H groups in total. The van der Waals surface area contributed by atoms with Gasteiger partial charge in [-0.1, -0.05) is 48.5 Å². The van der Waals surface area contributed by atoms with E-state index in [9.17, 15) is 4.79 Å². The third-order valence-electron chi connectivity index (χ3n) is 3.70. The summed E-state index contributed by atoms with van der Waals surface area (Å²) in [5.41, 5.74) is 2.11. The van der Waals surface area contributed by atoms with E-state index in [4.69, 9.17) is 4.74 Å². The first-order chi connectivity index (χ1) is 11.3. The van der Waals surface area contributed by atoms with E-state index in [0.29, 0.717) is 13.2 Å². The summed E-state index contributed by atoms with van der Waals surface area (Å²) in [4.78, 5) is 12.1. The Labute approximate surface area is 140 Å². The fourth-order valence-electron chi connectivity index (χ4n) is 2.40. The van der Waals surface area contributed by atoms with Crippen LogP contribution < -0.4 is 15.4 Å². The van der Waals surface area contributed by atoms with Gasteiger partial charge in [-0.05, 0) is 11.6 Å². The third-order valence-corrected chi connectivity index (χ3v) is 4.64. The van der Waals surface area contributed by atoms with Crippen LogP contribution in [0.15, 0.2) is 54.6 Å². The minimum atomic E-state index is -0.0857. The fraction of sp³-hybridized carbons (Fsp3) is 0.278. The second kappa shape index (κ2) is 8.04. The van der Waals surface area contributed by atoms with Crippen LogP contribution >= 0.6 is 11.8 Å². The standard InChI is InChI=1S/C18H20N2O2S/c21-18(16-12-23-13-20-16)19-10-15-8-4-5-9-17(15)22-11-14-6-2-1-3-7-14/h1-9,16,20H,10-13H2,(H,19,21). The monoisotopic (exact) mass is 328 g/mol. The Kier molecular flexibility index (Phi) is 5.56. The van der Waals surface area contributed by atoms with Crippen LogP contribution in [0, 0.1) is 0 Å². The van der Waals surface area contributed by atoms with Gasteiger partial charge >= 0.3 is 0 Å². The molecule has 0 bridgehead atoms. The highest BCUT2D eigenvalue weighted by atomic mass is 32.2. The molecule has 23 heavy (non-hydrogen) atoms. The number of thioether (sulfide) groups is 1. The van der Waals surface area contributed by atoms with E-state index >= 15 is 0 Å². The topological polar surface area (TPSA) is 50.4 Å². The molecule has 4 nitrogen and oxygen atoms in total. The number of rotatable bonds is 6. The minimum Gasteiger partial charge on any atom is -0.489 e. The molecule has 2 aromatic rings. The Morgan fingerprint density at radius 1 is 1.17 bits per heavy atom. The largest absolute Gasteiger partial charge is 0.489 e. The van der Waals surface area contributed by atoms with Gasteiger partial charge in [-0.15, -0.1) is 11.8 Å². The van der Waals surface area contributed by atoms with Crippen molar-refractivity contribution in [2.24, 2.45) is 0 Å². The number of hydrogen-bond donors (Lipinski definition) is 2. The van der Waals surface area contributed by atoms with Crippen LogP contribution in [0.2, 0.25) is 0 Å². The van der Waals surface area contributed by atoms with Crippen molar-refractivity contribution < 1.29 is 9.53 Å². The Morgan fingerprint density at radius 2 is 1.96 bits per heavy atom. The fourth-order valence-corrected chi connectivity index (χ4v) is 3.34. The number of ether oxygens (including phenoxy) is 1. The van der Waals surface area contributed by atoms with Crippen LogP contribution in [0.4, 0.5) is 0 Å². The lowest BCUT2D eigenvalue weighted by Crippen LogP contribution is -2.41. The van der Waals surface area contributed by atoms with Crippen molar-refractivity contribution in [3.8, 4) is 5.75 Å². The third kappa shape index (κ3) is 4.50. The zero-order valence-electron chi connectivity index (χ0n) is 12.8. The van der Waals surface area contributed by atoms with Crippen LogP contribution in [-0.2, 0) is 17.9 Å². The van der Waals surface area contributed by atoms with Gasteiger partial charge in [0.25, 0.3) is 0 Å². The highest BCUT2D eigenvalue weighted by Crippen LogP contribution is 2.19. The Hall–Kier alpha value is -1.98. The molecular formula is C18H20N2O2S. The first kappa shape index (κ1) is 15.9. The van der Waals surface area contributed by atoms with Crippen LogP contribution in [0.5, 0.6) is 5.75 Å². The number of nitrogens with one attached hydrogen (secondary N) is 2. The smallest absolute Gasteiger partial charge is 0.238 e. The summed E-state index contributed by atoms with van der Waals surface area (Å²) in [5.74, 6) is 2.53. The molecule has 3 rings (SSSR count). The summed E-state index contributed by atoms with van der Waals surface area (Å²) in [6.07, 6.45) is 0. The molecule has 1 saturated heterocycles. The first-order valence-corrected chi connectivity index (χ1v) is 8.82. The summed E-state index contributed by atoms with van der Waals surface area (Å²) in [5, 5.41) is 6.16. The van der Waals surface area contributed by atoms with Crippen LogP contribution in [-0.4, -0.2) is 23.6 Å². The average Bonchev–Trinajstić information content (AvgIpc) is 3.14. The number of carbonyl (C=O) groups is 1. The predicted molar refractivity (Wildman–Crippen MR) is 93.3 cm³/mol. The summed E-state index contributed by atoms with van der Waals surface area (Å²) in [6, 6.07) is 17.8. The van der Waals surface area contributed by atoms with E-state index in [-0.39, 0.29) is 11.9 Å². The molecule has 0 radical (unpaired) electrons. The molecule has 2 aromatic carbocycles. The molecule has 1 aliphatic heterocycles. The lowest BCUT2D eigenvalue weighted by Gasteiger charge is -2.14. The summed E-state index contributed by atoms with van der Waals surface area (Å²) in [6.45, 7) is 0.999. The lowest BCUT2D eigenvalue weighted by molar-refractivity contribution is -0.122. The van der Waals surface area contributed by atoms with Gasteiger partial charge in [0, 0.05) is 23.7 Å². The first-order valence-electron chi connectivity index (χ1n) is 7.66. The van der Waals surface area contributed by atoms with Crippen molar-refractivity contribution in [3.05, 3.63) is 65.7 Å². The van der Waals surface area contributed by atoms with Crippen molar-refractivity contribution >= 4 is 17.7 Å². The maximum absolute atomic E-state index is 12.1. The van der Waals surface area contributed by atoms with Gasteiger partial charge in [-0.2, -0.15) is 0 Å². The number of benzene rings is 2. The van der Waals surface area contributed by atoms with Gasteiger partial charge in [0.2, 0.25) is 5.91 Å². The number of para-hydroxylation sites is 1. The van der Waals surface area contributed by atoms with Crippen molar-refractivity contribution in [3.63, 3.8) is 0 Å². The number of amides is 1. The summed E-state index contributed by atoms with van der Waals surface area (Å²) < 4.78 is 5.91. The molecule has 1 heterocycles. The molecule has 1 fully saturated rings. The predicted octanol–water partition coefficient (Wildman–Crippen LogP) is 2.54. The van der Waals surface area contributed by atoms with E-state index in [2.05, 4.69) is 10.6 Å². The molecule has 1 amide bonds. The van der Waals surface area contributed by atoms with E-state index < -0.39 is 0 Å². The molecule has 120 valence electrons. The van der Waals surface area contributed by atoms with Crippen molar-refractivity contribution in [2.75, 3.05) is 11.6 Å². The summed E-state index contributed by atoms with van der Waals surface area (Å²) in [7, 11) is 0. The molecule has 0 aromatic heterocycles. The van der Waals surface area contributed by atoms with Crippen LogP contribution in [0.1, 0.15) is 11.1 Å². The summed E-state index contributed by atoms with van der Waals surface area (Å²) >= 11 is 1.74. The van der Waals surface area contributed by atoms with Gasteiger partial charge in [0.1, 0.15) is 12.4 Å². The van der Waals surface area contributed by atoms with Crippen molar-refractivity contribution in [1.29, 1.82) is 0 Å². The van der Waals surface area contributed by atoms with Gasteiger partial charge in [0.15, 0.2) is 0 Å². The second-order valence-electron chi connectivity index (χ2n) is 5.37. The highest BCUT2D eigenvalue weighted by molar-refractivity contribution is 7.99. The van der Waals surface area contributed by atoms with Gasteiger partial charge in [0.05, 0.1) is 6.04 Å². The number of carbonyl (C=O) groups excluding carboxylic acids is 1. The quantitative estimate of drug-likeness (QED) is 0.856. The van der Waals surface area contributed by atoms with Gasteiger partial charge in [-0.3, -0.25) is 10.1 Å². The molecule has 0 aliphatic carbocycles. The second-order valence-corrected chi connectivity index (χ2v) is 6.40. The zero-order chi connectivity index (χ0) is 15.9. The Balaban J connectivity index is 1.58. The van der Waals surface area contributed by atoms with Crippen molar-refractivity contribution in [1.82, 2.24) is 10.6 Å². The molecule has 5 heteroatoms. The SMILES string of the molecule is O=C(NCc1ccccc1OCc1ccccc1)C1CSCN1. The molecule has 0 spiro atoms. The van der Waals surface area contributed by atoms with Gasteiger partial charge in [-0.25, -0.2) is 0 Å². The normalized spacial score (nSPS) is 17.0. The molecule has 1 atom stereocenters. The van der Waals surface area contributed by atoms with E-state index in [1.165, 1.54) is 0 Å². The highest BCUT2D eigenvalue weighted by Gasteiger charge is 2.22. The molecule has 1 unspecified atom stereocenters. The maximum atomic E-state index is 12.1. The van der Waals surface area contributed by atoms with E-state index in [1.54, 1.807) is 11.8 Å². The van der Waals surface area contributed by atoms with Crippen LogP contribution in [0.3, 0.4) is 0 Å². The van der Waals surface area contributed by atoms with Crippen molar-refractivity contribution in [2.45, 2.75) is 19.2 Å². The molecular weight excluding hydrogens is 308 g/mol.